The summed E-state index contributed by atoms with van der Waals surface area (Å²) in [6.07, 6.45) is 3.43. The number of anilines is 1. The lowest BCUT2D eigenvalue weighted by atomic mass is 10.2. The number of amides is 1. The number of pyridine rings is 1. The highest BCUT2D eigenvalue weighted by molar-refractivity contribution is 8.00. The fraction of sp³-hybridized carbons (Fsp3) is 0.0909. The van der Waals surface area contributed by atoms with Crippen molar-refractivity contribution in [1.29, 1.82) is 0 Å². The first-order chi connectivity index (χ1) is 14.6. The van der Waals surface area contributed by atoms with Crippen LogP contribution in [0.25, 0.3) is 17.1 Å². The smallest absolute Gasteiger partial charge is 0.237 e. The SMILES string of the molecule is C[C@@H](Sc1nnc(-c2cccnc2)n1-c1cccc(Cl)c1)C(=O)Nc1ccccc1. The van der Waals surface area contributed by atoms with Crippen LogP contribution in [-0.4, -0.2) is 30.9 Å². The van der Waals surface area contributed by atoms with E-state index >= 15 is 0 Å². The lowest BCUT2D eigenvalue weighted by Gasteiger charge is -2.14. The number of nitrogens with one attached hydrogen (secondary N) is 1. The molecule has 1 amide bonds. The molecule has 1 atom stereocenters. The topological polar surface area (TPSA) is 72.7 Å². The maximum atomic E-state index is 12.7. The van der Waals surface area contributed by atoms with E-state index in [2.05, 4.69) is 20.5 Å². The van der Waals surface area contributed by atoms with E-state index in [1.165, 1.54) is 11.8 Å². The van der Waals surface area contributed by atoms with Crippen molar-refractivity contribution in [3.63, 3.8) is 0 Å². The molecule has 0 saturated heterocycles. The third kappa shape index (κ3) is 4.53. The highest BCUT2D eigenvalue weighted by Crippen LogP contribution is 2.31. The summed E-state index contributed by atoms with van der Waals surface area (Å²) in [7, 11) is 0. The molecule has 0 aliphatic carbocycles. The van der Waals surface area contributed by atoms with Gasteiger partial charge in [-0.1, -0.05) is 47.6 Å². The van der Waals surface area contributed by atoms with E-state index in [1.807, 2.05) is 78.2 Å². The van der Waals surface area contributed by atoms with Crippen LogP contribution in [0.15, 0.2) is 84.3 Å². The first-order valence-corrected chi connectivity index (χ1v) is 10.5. The van der Waals surface area contributed by atoms with Gasteiger partial charge in [0.15, 0.2) is 11.0 Å². The molecule has 0 spiro atoms. The van der Waals surface area contributed by atoms with Gasteiger partial charge in [0.2, 0.25) is 5.91 Å². The minimum absolute atomic E-state index is 0.116. The van der Waals surface area contributed by atoms with E-state index in [-0.39, 0.29) is 5.91 Å². The number of aromatic nitrogens is 4. The summed E-state index contributed by atoms with van der Waals surface area (Å²) in [5.74, 6) is 0.512. The van der Waals surface area contributed by atoms with Crippen molar-refractivity contribution in [2.24, 2.45) is 0 Å². The van der Waals surface area contributed by atoms with Crippen molar-refractivity contribution in [3.8, 4) is 17.1 Å². The summed E-state index contributed by atoms with van der Waals surface area (Å²) in [4.78, 5) is 16.9. The number of carbonyl (C=O) groups is 1. The maximum Gasteiger partial charge on any atom is 0.237 e. The number of carbonyl (C=O) groups excluding carboxylic acids is 1. The monoisotopic (exact) mass is 435 g/mol. The van der Waals surface area contributed by atoms with Gasteiger partial charge < -0.3 is 5.32 Å². The highest BCUT2D eigenvalue weighted by Gasteiger charge is 2.22. The highest BCUT2D eigenvalue weighted by atomic mass is 35.5. The zero-order valence-corrected chi connectivity index (χ0v) is 17.6. The van der Waals surface area contributed by atoms with E-state index in [9.17, 15) is 4.79 Å². The molecule has 6 nitrogen and oxygen atoms in total. The second-order valence-electron chi connectivity index (χ2n) is 6.48. The third-order valence-corrected chi connectivity index (χ3v) is 5.59. The number of para-hydroxylation sites is 1. The Morgan fingerprint density at radius 1 is 1.07 bits per heavy atom. The predicted molar refractivity (Wildman–Crippen MR) is 120 cm³/mol. The van der Waals surface area contributed by atoms with E-state index in [0.29, 0.717) is 16.0 Å². The van der Waals surface area contributed by atoms with Crippen LogP contribution in [-0.2, 0) is 4.79 Å². The summed E-state index contributed by atoms with van der Waals surface area (Å²) in [5, 5.41) is 12.4. The quantitative estimate of drug-likeness (QED) is 0.426. The predicted octanol–water partition coefficient (Wildman–Crippen LogP) is 5.10. The molecule has 1 N–H and O–H groups in total. The van der Waals surface area contributed by atoms with Crippen LogP contribution in [0.2, 0.25) is 5.02 Å². The molecule has 2 aromatic heterocycles. The van der Waals surface area contributed by atoms with Gasteiger partial charge in [-0.3, -0.25) is 14.3 Å². The summed E-state index contributed by atoms with van der Waals surface area (Å²) < 4.78 is 1.89. The molecule has 4 aromatic rings. The van der Waals surface area contributed by atoms with Gasteiger partial charge in [-0.15, -0.1) is 10.2 Å². The van der Waals surface area contributed by atoms with Crippen LogP contribution >= 0.6 is 23.4 Å². The Balaban J connectivity index is 1.66. The van der Waals surface area contributed by atoms with Gasteiger partial charge in [-0.2, -0.15) is 0 Å². The van der Waals surface area contributed by atoms with Crippen LogP contribution in [0, 0.1) is 0 Å². The molecule has 0 bridgehead atoms. The Morgan fingerprint density at radius 2 is 1.90 bits per heavy atom. The van der Waals surface area contributed by atoms with Crippen molar-refractivity contribution in [2.45, 2.75) is 17.3 Å². The van der Waals surface area contributed by atoms with Crippen molar-refractivity contribution in [1.82, 2.24) is 19.7 Å². The van der Waals surface area contributed by atoms with E-state index in [1.54, 1.807) is 12.4 Å². The fourth-order valence-corrected chi connectivity index (χ4v) is 3.91. The standard InChI is InChI=1S/C22H18ClN5OS/c1-15(21(29)25-18-9-3-2-4-10-18)30-22-27-26-20(16-7-6-12-24-14-16)28(22)19-11-5-8-17(23)13-19/h2-15H,1H3,(H,25,29)/t15-/m1/s1. The molecule has 0 unspecified atom stereocenters. The average Bonchev–Trinajstić information content (AvgIpc) is 3.18. The van der Waals surface area contributed by atoms with E-state index in [0.717, 1.165) is 16.9 Å². The summed E-state index contributed by atoms with van der Waals surface area (Å²) in [5.41, 5.74) is 2.38. The zero-order chi connectivity index (χ0) is 20.9. The maximum absolute atomic E-state index is 12.7. The molecule has 150 valence electrons. The molecule has 2 aromatic carbocycles. The summed E-state index contributed by atoms with van der Waals surface area (Å²) >= 11 is 7.55. The third-order valence-electron chi connectivity index (χ3n) is 4.31. The molecule has 0 saturated carbocycles. The minimum Gasteiger partial charge on any atom is -0.325 e. The molecule has 8 heteroatoms. The van der Waals surface area contributed by atoms with Crippen LogP contribution in [0.5, 0.6) is 0 Å². The molecule has 2 heterocycles. The largest absolute Gasteiger partial charge is 0.325 e. The number of benzene rings is 2. The van der Waals surface area contributed by atoms with E-state index < -0.39 is 5.25 Å². The van der Waals surface area contributed by atoms with Crippen LogP contribution < -0.4 is 5.32 Å². The van der Waals surface area contributed by atoms with Gasteiger partial charge in [0.05, 0.1) is 10.9 Å². The summed E-state index contributed by atoms with van der Waals surface area (Å²) in [6, 6.07) is 20.6. The Labute approximate surface area is 183 Å². The molecule has 0 aliphatic heterocycles. The Bertz CT molecular complexity index is 1150. The number of thioether (sulfide) groups is 1. The Hall–Kier alpha value is -3.16. The zero-order valence-electron chi connectivity index (χ0n) is 16.1. The van der Waals surface area contributed by atoms with Gasteiger partial charge >= 0.3 is 0 Å². The van der Waals surface area contributed by atoms with E-state index in [4.69, 9.17) is 11.6 Å². The first kappa shape index (κ1) is 20.1. The van der Waals surface area contributed by atoms with Crippen LogP contribution in [0.4, 0.5) is 5.69 Å². The van der Waals surface area contributed by atoms with Crippen LogP contribution in [0.1, 0.15) is 6.92 Å². The average molecular weight is 436 g/mol. The lowest BCUT2D eigenvalue weighted by Crippen LogP contribution is -2.22. The van der Waals surface area contributed by atoms with Gasteiger partial charge in [0, 0.05) is 28.7 Å². The van der Waals surface area contributed by atoms with Crippen LogP contribution in [0.3, 0.4) is 0 Å². The number of rotatable bonds is 6. The van der Waals surface area contributed by atoms with Crippen molar-refractivity contribution in [2.75, 3.05) is 5.32 Å². The molecular weight excluding hydrogens is 418 g/mol. The fourth-order valence-electron chi connectivity index (χ4n) is 2.85. The van der Waals surface area contributed by atoms with Crippen molar-refractivity contribution < 1.29 is 4.79 Å². The normalized spacial score (nSPS) is 11.8. The Kier molecular flexibility index (Phi) is 6.11. The lowest BCUT2D eigenvalue weighted by molar-refractivity contribution is -0.115. The number of hydrogen-bond acceptors (Lipinski definition) is 5. The van der Waals surface area contributed by atoms with Crippen molar-refractivity contribution >= 4 is 35.0 Å². The second kappa shape index (κ2) is 9.11. The minimum atomic E-state index is -0.394. The number of hydrogen-bond donors (Lipinski definition) is 1. The summed E-state index contributed by atoms with van der Waals surface area (Å²) in [6.45, 7) is 1.84. The van der Waals surface area contributed by atoms with Gasteiger partial charge in [0.25, 0.3) is 0 Å². The molecule has 0 radical (unpaired) electrons. The molecular formula is C22H18ClN5OS. The second-order valence-corrected chi connectivity index (χ2v) is 8.22. The molecule has 30 heavy (non-hydrogen) atoms. The molecule has 0 aliphatic rings. The molecule has 4 rings (SSSR count). The molecule has 0 fully saturated rings. The van der Waals surface area contributed by atoms with Gasteiger partial charge in [-0.05, 0) is 49.4 Å². The van der Waals surface area contributed by atoms with Gasteiger partial charge in [0.1, 0.15) is 0 Å². The first-order valence-electron chi connectivity index (χ1n) is 9.26. The number of halogens is 1. The number of nitrogens with zero attached hydrogens (tertiary/aromatic N) is 4. The van der Waals surface area contributed by atoms with Crippen molar-refractivity contribution in [3.05, 3.63) is 84.1 Å². The van der Waals surface area contributed by atoms with Gasteiger partial charge in [-0.25, -0.2) is 0 Å². The Morgan fingerprint density at radius 3 is 2.63 bits per heavy atom.